The maximum Gasteiger partial charge on any atom is 0.243 e. The van der Waals surface area contributed by atoms with Crippen LogP contribution in [0.3, 0.4) is 0 Å². The van der Waals surface area contributed by atoms with E-state index in [1.807, 2.05) is 30.9 Å². The van der Waals surface area contributed by atoms with Gasteiger partial charge in [0.1, 0.15) is 0 Å². The lowest BCUT2D eigenvalue weighted by Gasteiger charge is -2.35. The molecular formula is C21H31N3O3S. The fraction of sp³-hybridized carbons (Fsp3) is 0.571. The van der Waals surface area contributed by atoms with Crippen LogP contribution in [0, 0.1) is 6.92 Å². The molecule has 0 bridgehead atoms. The average Bonchev–Trinajstić information content (AvgIpc) is 2.70. The number of carbonyl (C=O) groups excluding carboxylic acids is 1. The number of aryl methyl sites for hydroxylation is 1. The van der Waals surface area contributed by atoms with Gasteiger partial charge in [-0.3, -0.25) is 9.69 Å². The molecule has 154 valence electrons. The minimum atomic E-state index is -3.47. The Morgan fingerprint density at radius 2 is 1.75 bits per heavy atom. The Balaban J connectivity index is 1.57. The van der Waals surface area contributed by atoms with E-state index < -0.39 is 10.0 Å². The van der Waals surface area contributed by atoms with E-state index in [4.69, 9.17) is 0 Å². The van der Waals surface area contributed by atoms with Crippen molar-refractivity contribution in [3.8, 4) is 0 Å². The summed E-state index contributed by atoms with van der Waals surface area (Å²) in [7, 11) is -3.47. The van der Waals surface area contributed by atoms with Gasteiger partial charge in [-0.15, -0.1) is 0 Å². The lowest BCUT2D eigenvalue weighted by Crippen LogP contribution is -2.51. The van der Waals surface area contributed by atoms with Gasteiger partial charge in [-0.2, -0.15) is 4.31 Å². The Bertz CT molecular complexity index is 810. The van der Waals surface area contributed by atoms with Crippen LogP contribution in [0.2, 0.25) is 0 Å². The standard InChI is InChI=1S/C21H31N3O3S/c1-3-24(19-7-5-4-6-8-19)21(25)17-22-13-15-23(16-14-22)28(26,27)20-11-9-18(2)10-12-20/h7,9-12H,3-6,8,13-17H2,1-2H3. The van der Waals surface area contributed by atoms with Crippen molar-refractivity contribution < 1.29 is 13.2 Å². The van der Waals surface area contributed by atoms with Crippen LogP contribution in [0.25, 0.3) is 0 Å². The molecule has 28 heavy (non-hydrogen) atoms. The summed E-state index contributed by atoms with van der Waals surface area (Å²) >= 11 is 0. The summed E-state index contributed by atoms with van der Waals surface area (Å²) in [6, 6.07) is 6.97. The normalized spacial score (nSPS) is 19.3. The van der Waals surface area contributed by atoms with E-state index in [9.17, 15) is 13.2 Å². The molecule has 0 atom stereocenters. The van der Waals surface area contributed by atoms with Crippen LogP contribution in [-0.2, 0) is 14.8 Å². The number of sulfonamides is 1. The third kappa shape index (κ3) is 4.82. The van der Waals surface area contributed by atoms with Crippen LogP contribution < -0.4 is 0 Å². The Morgan fingerprint density at radius 1 is 1.07 bits per heavy atom. The largest absolute Gasteiger partial charge is 0.316 e. The first-order valence-corrected chi connectivity index (χ1v) is 11.6. The lowest BCUT2D eigenvalue weighted by molar-refractivity contribution is -0.130. The Labute approximate surface area is 168 Å². The molecular weight excluding hydrogens is 374 g/mol. The molecule has 7 heteroatoms. The van der Waals surface area contributed by atoms with Crippen molar-refractivity contribution >= 4 is 15.9 Å². The average molecular weight is 406 g/mol. The molecule has 0 saturated carbocycles. The fourth-order valence-corrected chi connectivity index (χ4v) is 5.29. The summed E-state index contributed by atoms with van der Waals surface area (Å²) in [6.45, 7) is 6.97. The highest BCUT2D eigenvalue weighted by Gasteiger charge is 2.30. The molecule has 1 aliphatic heterocycles. The zero-order valence-electron chi connectivity index (χ0n) is 16.9. The van der Waals surface area contributed by atoms with E-state index in [-0.39, 0.29) is 5.91 Å². The summed E-state index contributed by atoms with van der Waals surface area (Å²) in [5, 5.41) is 0. The van der Waals surface area contributed by atoms with Crippen molar-refractivity contribution in [2.75, 3.05) is 39.3 Å². The van der Waals surface area contributed by atoms with Gasteiger partial charge < -0.3 is 4.90 Å². The molecule has 1 saturated heterocycles. The third-order valence-electron chi connectivity index (χ3n) is 5.58. The van der Waals surface area contributed by atoms with Gasteiger partial charge in [0.15, 0.2) is 0 Å². The fourth-order valence-electron chi connectivity index (χ4n) is 3.87. The molecule has 0 aromatic heterocycles. The second-order valence-electron chi connectivity index (χ2n) is 7.57. The predicted octanol–water partition coefficient (Wildman–Crippen LogP) is 2.61. The minimum Gasteiger partial charge on any atom is -0.316 e. The number of hydrogen-bond acceptors (Lipinski definition) is 4. The molecule has 0 spiro atoms. The molecule has 1 aromatic carbocycles. The molecule has 6 nitrogen and oxygen atoms in total. The molecule has 1 fully saturated rings. The zero-order valence-corrected chi connectivity index (χ0v) is 17.7. The van der Waals surface area contributed by atoms with Crippen molar-refractivity contribution in [3.63, 3.8) is 0 Å². The van der Waals surface area contributed by atoms with Gasteiger partial charge >= 0.3 is 0 Å². The number of rotatable bonds is 6. The van der Waals surface area contributed by atoms with Crippen LogP contribution in [0.1, 0.15) is 38.2 Å². The molecule has 0 unspecified atom stereocenters. The summed E-state index contributed by atoms with van der Waals surface area (Å²) in [5.74, 6) is 0.116. The first-order valence-electron chi connectivity index (χ1n) is 10.2. The first-order chi connectivity index (χ1) is 13.4. The summed E-state index contributed by atoms with van der Waals surface area (Å²) in [6.07, 6.45) is 6.56. The van der Waals surface area contributed by atoms with Crippen LogP contribution in [0.15, 0.2) is 40.9 Å². The van der Waals surface area contributed by atoms with E-state index in [2.05, 4.69) is 11.0 Å². The zero-order chi connectivity index (χ0) is 20.1. The van der Waals surface area contributed by atoms with Crippen molar-refractivity contribution in [2.24, 2.45) is 0 Å². The molecule has 1 aromatic rings. The van der Waals surface area contributed by atoms with E-state index in [1.165, 1.54) is 10.7 Å². The summed E-state index contributed by atoms with van der Waals surface area (Å²) in [5.41, 5.74) is 2.19. The van der Waals surface area contributed by atoms with Gasteiger partial charge in [0.2, 0.25) is 15.9 Å². The van der Waals surface area contributed by atoms with E-state index >= 15 is 0 Å². The number of likely N-dealkylation sites (N-methyl/N-ethyl adjacent to an activating group) is 1. The highest BCUT2D eigenvalue weighted by Crippen LogP contribution is 2.22. The molecule has 1 heterocycles. The quantitative estimate of drug-likeness (QED) is 0.730. The Morgan fingerprint density at radius 3 is 2.32 bits per heavy atom. The van der Waals surface area contributed by atoms with Gasteiger partial charge in [-0.05, 0) is 51.7 Å². The van der Waals surface area contributed by atoms with Gasteiger partial charge in [0, 0.05) is 38.4 Å². The Kier molecular flexibility index (Phi) is 6.91. The highest BCUT2D eigenvalue weighted by molar-refractivity contribution is 7.89. The molecule has 3 rings (SSSR count). The molecule has 2 aliphatic rings. The maximum absolute atomic E-state index is 12.8. The van der Waals surface area contributed by atoms with E-state index in [0.29, 0.717) is 44.2 Å². The van der Waals surface area contributed by atoms with E-state index in [0.717, 1.165) is 30.5 Å². The van der Waals surface area contributed by atoms with Crippen LogP contribution in [0.5, 0.6) is 0 Å². The van der Waals surface area contributed by atoms with E-state index in [1.54, 1.807) is 12.1 Å². The predicted molar refractivity (Wildman–Crippen MR) is 110 cm³/mol. The lowest BCUT2D eigenvalue weighted by atomic mass is 10.0. The number of benzene rings is 1. The summed E-state index contributed by atoms with van der Waals surface area (Å²) in [4.78, 5) is 17.1. The van der Waals surface area contributed by atoms with Gasteiger partial charge in [0.05, 0.1) is 11.4 Å². The number of carbonyl (C=O) groups is 1. The first kappa shape index (κ1) is 21.0. The SMILES string of the molecule is CCN(C(=O)CN1CCN(S(=O)(=O)c2ccc(C)cc2)CC1)C1=CCCCC1. The Hall–Kier alpha value is -1.70. The minimum absolute atomic E-state index is 0.116. The topological polar surface area (TPSA) is 60.9 Å². The second kappa shape index (κ2) is 9.20. The van der Waals surface area contributed by atoms with Crippen molar-refractivity contribution in [1.82, 2.24) is 14.1 Å². The number of nitrogens with zero attached hydrogens (tertiary/aromatic N) is 3. The maximum atomic E-state index is 12.8. The van der Waals surface area contributed by atoms with Crippen molar-refractivity contribution in [2.45, 2.75) is 44.4 Å². The highest BCUT2D eigenvalue weighted by atomic mass is 32.2. The molecule has 0 N–H and O–H groups in total. The molecule has 1 aliphatic carbocycles. The summed E-state index contributed by atoms with van der Waals surface area (Å²) < 4.78 is 27.2. The number of hydrogen-bond donors (Lipinski definition) is 0. The van der Waals surface area contributed by atoms with Crippen molar-refractivity contribution in [3.05, 3.63) is 41.6 Å². The number of allylic oxidation sites excluding steroid dienone is 2. The van der Waals surface area contributed by atoms with Crippen LogP contribution >= 0.6 is 0 Å². The van der Waals surface area contributed by atoms with Gasteiger partial charge in [-0.25, -0.2) is 8.42 Å². The number of piperazine rings is 1. The second-order valence-corrected chi connectivity index (χ2v) is 9.51. The molecule has 1 amide bonds. The van der Waals surface area contributed by atoms with Gasteiger partial charge in [-0.1, -0.05) is 23.8 Å². The van der Waals surface area contributed by atoms with Crippen LogP contribution in [-0.4, -0.2) is 67.7 Å². The smallest absolute Gasteiger partial charge is 0.243 e. The monoisotopic (exact) mass is 405 g/mol. The van der Waals surface area contributed by atoms with Crippen LogP contribution in [0.4, 0.5) is 0 Å². The third-order valence-corrected chi connectivity index (χ3v) is 7.49. The van der Waals surface area contributed by atoms with Gasteiger partial charge in [0.25, 0.3) is 0 Å². The van der Waals surface area contributed by atoms with Crippen molar-refractivity contribution in [1.29, 1.82) is 0 Å². The molecule has 0 radical (unpaired) electrons. The number of amides is 1.